The molecule has 1 aliphatic heterocycles. The van der Waals surface area contributed by atoms with Crippen LogP contribution in [0.2, 0.25) is 0 Å². The molecule has 0 radical (unpaired) electrons. The number of allylic oxidation sites excluding steroid dienone is 6. The summed E-state index contributed by atoms with van der Waals surface area (Å²) in [5.74, 6) is -0.829. The van der Waals surface area contributed by atoms with Crippen LogP contribution < -0.4 is 0 Å². The summed E-state index contributed by atoms with van der Waals surface area (Å²) in [5, 5.41) is 41.4. The number of carbonyl (C=O) groups excluding carboxylic acids is 2. The first kappa shape index (κ1) is 50.9. The molecule has 10 nitrogen and oxygen atoms in total. The summed E-state index contributed by atoms with van der Waals surface area (Å²) >= 11 is 0. The lowest BCUT2D eigenvalue weighted by Gasteiger charge is -2.40. The van der Waals surface area contributed by atoms with Gasteiger partial charge in [0.2, 0.25) is 0 Å². The number of rotatable bonds is 36. The summed E-state index contributed by atoms with van der Waals surface area (Å²) < 4.78 is 21.5. The molecule has 55 heavy (non-hydrogen) atoms. The van der Waals surface area contributed by atoms with Crippen molar-refractivity contribution in [3.05, 3.63) is 36.5 Å². The number of esters is 2. The van der Waals surface area contributed by atoms with Crippen LogP contribution in [0.3, 0.4) is 0 Å². The fourth-order valence-electron chi connectivity index (χ4n) is 6.38. The van der Waals surface area contributed by atoms with E-state index in [9.17, 15) is 30.0 Å². The van der Waals surface area contributed by atoms with Crippen LogP contribution in [0.15, 0.2) is 36.5 Å². The standard InChI is InChI=1S/C45H80O10/c1-3-5-7-9-11-13-15-17-19-21-23-25-27-29-31-33-40(47)52-35-38(46)36-54-45-44(51)43(50)42(49)39(55-45)37-53-41(48)34-32-30-28-26-24-22-20-18-16-14-12-10-8-6-4-2/h12,14,17-20,38-39,42-46,49-51H,3-11,13,15-16,21-37H2,1-2H3/b14-12-,19-17-,20-18-/t38-,39-,42+,43+,44-,45-/m1/s1. The maximum Gasteiger partial charge on any atom is 0.305 e. The zero-order valence-electron chi connectivity index (χ0n) is 34.7. The van der Waals surface area contributed by atoms with Gasteiger partial charge in [0.25, 0.3) is 0 Å². The molecule has 320 valence electrons. The van der Waals surface area contributed by atoms with E-state index in [2.05, 4.69) is 50.3 Å². The predicted molar refractivity (Wildman–Crippen MR) is 219 cm³/mol. The van der Waals surface area contributed by atoms with Gasteiger partial charge >= 0.3 is 11.9 Å². The van der Waals surface area contributed by atoms with Crippen LogP contribution in [0.4, 0.5) is 0 Å². The van der Waals surface area contributed by atoms with Crippen LogP contribution in [0.25, 0.3) is 0 Å². The molecule has 1 fully saturated rings. The lowest BCUT2D eigenvalue weighted by molar-refractivity contribution is -0.305. The number of hydrogen-bond donors (Lipinski definition) is 4. The Morgan fingerprint density at radius 2 is 0.982 bits per heavy atom. The number of unbranched alkanes of at least 4 members (excludes halogenated alkanes) is 19. The molecule has 4 N–H and O–H groups in total. The molecular weight excluding hydrogens is 700 g/mol. The Balaban J connectivity index is 2.12. The number of aliphatic hydroxyl groups excluding tert-OH is 4. The van der Waals surface area contributed by atoms with Crippen molar-refractivity contribution in [2.75, 3.05) is 19.8 Å². The Hall–Kier alpha value is -2.08. The number of aliphatic hydroxyl groups is 4. The van der Waals surface area contributed by atoms with Gasteiger partial charge in [-0.1, -0.05) is 134 Å². The van der Waals surface area contributed by atoms with Gasteiger partial charge in [0.05, 0.1) is 6.61 Å². The first-order valence-electron chi connectivity index (χ1n) is 22.1. The fourth-order valence-corrected chi connectivity index (χ4v) is 6.38. The highest BCUT2D eigenvalue weighted by atomic mass is 16.7. The number of carbonyl (C=O) groups is 2. The summed E-state index contributed by atoms with van der Waals surface area (Å²) in [4.78, 5) is 24.4. The Morgan fingerprint density at radius 1 is 0.545 bits per heavy atom. The van der Waals surface area contributed by atoms with Crippen LogP contribution in [-0.2, 0) is 28.5 Å². The second-order valence-electron chi connectivity index (χ2n) is 15.2. The minimum absolute atomic E-state index is 0.237. The minimum atomic E-state index is -1.61. The molecule has 1 rings (SSSR count). The van der Waals surface area contributed by atoms with E-state index in [1.54, 1.807) is 0 Å². The normalized spacial score (nSPS) is 20.9. The van der Waals surface area contributed by atoms with Crippen LogP contribution >= 0.6 is 0 Å². The van der Waals surface area contributed by atoms with Crippen molar-refractivity contribution in [2.24, 2.45) is 0 Å². The lowest BCUT2D eigenvalue weighted by Crippen LogP contribution is -2.59. The van der Waals surface area contributed by atoms with Crippen molar-refractivity contribution in [1.82, 2.24) is 0 Å². The molecule has 0 aromatic carbocycles. The zero-order chi connectivity index (χ0) is 40.2. The van der Waals surface area contributed by atoms with Crippen molar-refractivity contribution in [3.63, 3.8) is 0 Å². The third-order valence-electron chi connectivity index (χ3n) is 9.94. The monoisotopic (exact) mass is 781 g/mol. The minimum Gasteiger partial charge on any atom is -0.463 e. The van der Waals surface area contributed by atoms with Gasteiger partial charge in [0.15, 0.2) is 6.29 Å². The topological polar surface area (TPSA) is 152 Å². The van der Waals surface area contributed by atoms with Gasteiger partial charge in [-0.3, -0.25) is 9.59 Å². The zero-order valence-corrected chi connectivity index (χ0v) is 34.7. The maximum absolute atomic E-state index is 12.3. The van der Waals surface area contributed by atoms with Crippen molar-refractivity contribution < 1.29 is 49.0 Å². The summed E-state index contributed by atoms with van der Waals surface area (Å²) in [6.45, 7) is 3.51. The third kappa shape index (κ3) is 28.9. The van der Waals surface area contributed by atoms with Gasteiger partial charge in [-0.15, -0.1) is 0 Å². The smallest absolute Gasteiger partial charge is 0.305 e. The Morgan fingerprint density at radius 3 is 1.53 bits per heavy atom. The van der Waals surface area contributed by atoms with Gasteiger partial charge < -0.3 is 39.4 Å². The van der Waals surface area contributed by atoms with E-state index in [0.29, 0.717) is 6.42 Å². The van der Waals surface area contributed by atoms with E-state index < -0.39 is 48.7 Å². The van der Waals surface area contributed by atoms with Crippen molar-refractivity contribution in [3.8, 4) is 0 Å². The molecule has 0 aromatic rings. The Kier molecular flexibility index (Phi) is 33.6. The molecule has 0 amide bonds. The quantitative estimate of drug-likeness (QED) is 0.0275. The fraction of sp³-hybridized carbons (Fsp3) is 0.822. The van der Waals surface area contributed by atoms with Gasteiger partial charge in [0.1, 0.15) is 43.7 Å². The first-order valence-corrected chi connectivity index (χ1v) is 22.1. The molecule has 1 heterocycles. The van der Waals surface area contributed by atoms with Gasteiger partial charge in [-0.2, -0.15) is 0 Å². The largest absolute Gasteiger partial charge is 0.463 e. The van der Waals surface area contributed by atoms with E-state index in [4.69, 9.17) is 18.9 Å². The molecule has 10 heteroatoms. The number of ether oxygens (including phenoxy) is 4. The average molecular weight is 781 g/mol. The molecule has 1 saturated heterocycles. The van der Waals surface area contributed by atoms with E-state index in [1.807, 2.05) is 0 Å². The van der Waals surface area contributed by atoms with E-state index in [-0.39, 0.29) is 32.7 Å². The second kappa shape index (κ2) is 36.3. The van der Waals surface area contributed by atoms with Crippen molar-refractivity contribution in [2.45, 2.75) is 218 Å². The van der Waals surface area contributed by atoms with Gasteiger partial charge in [-0.05, 0) is 70.6 Å². The molecule has 1 aliphatic rings. The summed E-state index contributed by atoms with van der Waals surface area (Å²) in [6, 6.07) is 0. The van der Waals surface area contributed by atoms with E-state index in [0.717, 1.165) is 77.0 Å². The molecule has 0 saturated carbocycles. The lowest BCUT2D eigenvalue weighted by atomic mass is 9.99. The Bertz CT molecular complexity index is 998. The van der Waals surface area contributed by atoms with Gasteiger partial charge in [-0.25, -0.2) is 0 Å². The SMILES string of the molecule is CCCCC/C=C\C/C=C\CCCCCCCC(=O)OC[C@H]1O[C@@H](OC[C@H](O)COC(=O)CCCCCCC/C=C\CCCCCCCC)[C@H](O)[C@@H](O)[C@H]1O. The molecular formula is C45H80O10. The number of hydrogen-bond acceptors (Lipinski definition) is 10. The molecule has 0 spiro atoms. The highest BCUT2D eigenvalue weighted by molar-refractivity contribution is 5.69. The van der Waals surface area contributed by atoms with Crippen molar-refractivity contribution in [1.29, 1.82) is 0 Å². The van der Waals surface area contributed by atoms with Gasteiger partial charge in [0, 0.05) is 12.8 Å². The van der Waals surface area contributed by atoms with E-state index >= 15 is 0 Å². The molecule has 6 atom stereocenters. The van der Waals surface area contributed by atoms with E-state index in [1.165, 1.54) is 70.6 Å². The van der Waals surface area contributed by atoms with Crippen LogP contribution in [-0.4, -0.2) is 89.0 Å². The van der Waals surface area contributed by atoms with Crippen LogP contribution in [0.1, 0.15) is 181 Å². The Labute approximate surface area is 334 Å². The first-order chi connectivity index (χ1) is 26.8. The average Bonchev–Trinajstić information content (AvgIpc) is 3.18. The summed E-state index contributed by atoms with van der Waals surface area (Å²) in [5.41, 5.74) is 0. The van der Waals surface area contributed by atoms with Crippen molar-refractivity contribution >= 4 is 11.9 Å². The summed E-state index contributed by atoms with van der Waals surface area (Å²) in [7, 11) is 0. The third-order valence-corrected chi connectivity index (χ3v) is 9.94. The van der Waals surface area contributed by atoms with Crippen LogP contribution in [0, 0.1) is 0 Å². The molecule has 0 unspecified atom stereocenters. The molecule has 0 aromatic heterocycles. The maximum atomic E-state index is 12.3. The predicted octanol–water partition coefficient (Wildman–Crippen LogP) is 9.11. The highest BCUT2D eigenvalue weighted by Gasteiger charge is 2.45. The summed E-state index contributed by atoms with van der Waals surface area (Å²) in [6.07, 6.45) is 32.9. The highest BCUT2D eigenvalue weighted by Crippen LogP contribution is 2.23. The van der Waals surface area contributed by atoms with Crippen LogP contribution in [0.5, 0.6) is 0 Å². The molecule has 0 bridgehead atoms. The second-order valence-corrected chi connectivity index (χ2v) is 15.2. The molecule has 0 aliphatic carbocycles.